The van der Waals surface area contributed by atoms with E-state index >= 15 is 0 Å². The van der Waals surface area contributed by atoms with Crippen molar-refractivity contribution in [2.24, 2.45) is 0 Å². The molecule has 2 saturated heterocycles. The molecule has 1 N–H and O–H groups in total. The summed E-state index contributed by atoms with van der Waals surface area (Å²) in [6.45, 7) is 9.71. The number of rotatable bonds is 5. The molecular weight excluding hydrogens is 266 g/mol. The van der Waals surface area contributed by atoms with Gasteiger partial charge in [0, 0.05) is 36.6 Å². The summed E-state index contributed by atoms with van der Waals surface area (Å²) in [5, 5.41) is 5.78. The molecule has 2 unspecified atom stereocenters. The second-order valence-corrected chi connectivity index (χ2v) is 7.27. The zero-order valence-electron chi connectivity index (χ0n) is 12.6. The van der Waals surface area contributed by atoms with Crippen LogP contribution in [0.4, 0.5) is 0 Å². The summed E-state index contributed by atoms with van der Waals surface area (Å²) >= 11 is 1.84. The Morgan fingerprint density at radius 1 is 1.35 bits per heavy atom. The Bertz CT molecular complexity index is 392. The van der Waals surface area contributed by atoms with Crippen LogP contribution in [0.3, 0.4) is 0 Å². The zero-order valence-corrected chi connectivity index (χ0v) is 13.4. The molecule has 0 amide bonds. The van der Waals surface area contributed by atoms with E-state index in [1.807, 2.05) is 11.3 Å². The summed E-state index contributed by atoms with van der Waals surface area (Å²) in [5.74, 6) is 0. The van der Waals surface area contributed by atoms with Crippen molar-refractivity contribution in [1.82, 2.24) is 15.1 Å². The molecule has 2 atom stereocenters. The Hall–Kier alpha value is -0.420. The first-order chi connectivity index (χ1) is 9.83. The minimum Gasteiger partial charge on any atom is -0.310 e. The lowest BCUT2D eigenvalue weighted by Crippen LogP contribution is -2.44. The third-order valence-corrected chi connectivity index (χ3v) is 5.65. The SMILES string of the molecule is CC(CNCc1cccs1)N1CCCN2CCCC2C1. The van der Waals surface area contributed by atoms with Gasteiger partial charge in [-0.05, 0) is 57.3 Å². The average Bonchev–Trinajstić information content (AvgIpc) is 3.07. The van der Waals surface area contributed by atoms with Crippen molar-refractivity contribution in [2.45, 2.75) is 44.8 Å². The van der Waals surface area contributed by atoms with Gasteiger partial charge in [0.2, 0.25) is 0 Å². The minimum absolute atomic E-state index is 0.649. The molecule has 112 valence electrons. The number of nitrogens with zero attached hydrogens (tertiary/aromatic N) is 2. The van der Waals surface area contributed by atoms with E-state index in [1.54, 1.807) is 0 Å². The van der Waals surface area contributed by atoms with Gasteiger partial charge < -0.3 is 5.32 Å². The van der Waals surface area contributed by atoms with Gasteiger partial charge in [-0.15, -0.1) is 11.3 Å². The van der Waals surface area contributed by atoms with Crippen molar-refractivity contribution < 1.29 is 0 Å². The van der Waals surface area contributed by atoms with Crippen LogP contribution in [-0.2, 0) is 6.54 Å². The molecule has 0 aromatic carbocycles. The van der Waals surface area contributed by atoms with E-state index in [9.17, 15) is 0 Å². The molecule has 3 heterocycles. The van der Waals surface area contributed by atoms with Crippen molar-refractivity contribution in [3.63, 3.8) is 0 Å². The van der Waals surface area contributed by atoms with Gasteiger partial charge in [0.05, 0.1) is 0 Å². The summed E-state index contributed by atoms with van der Waals surface area (Å²) < 4.78 is 0. The van der Waals surface area contributed by atoms with Gasteiger partial charge in [0.25, 0.3) is 0 Å². The molecule has 2 fully saturated rings. The predicted octanol–water partition coefficient (Wildman–Crippen LogP) is 2.40. The van der Waals surface area contributed by atoms with Crippen LogP contribution in [0.25, 0.3) is 0 Å². The standard InChI is InChI=1S/C16H27N3S/c1-14(11-17-12-16-6-3-10-20-16)19-9-4-8-18-7-2-5-15(18)13-19/h3,6,10,14-15,17H,2,4-5,7-9,11-13H2,1H3. The van der Waals surface area contributed by atoms with E-state index in [2.05, 4.69) is 39.6 Å². The van der Waals surface area contributed by atoms with Gasteiger partial charge in [0.1, 0.15) is 0 Å². The van der Waals surface area contributed by atoms with Crippen molar-refractivity contribution in [3.8, 4) is 0 Å². The zero-order chi connectivity index (χ0) is 13.8. The van der Waals surface area contributed by atoms with Gasteiger partial charge in [-0.2, -0.15) is 0 Å². The van der Waals surface area contributed by atoms with Gasteiger partial charge in [0.15, 0.2) is 0 Å². The first-order valence-corrected chi connectivity index (χ1v) is 8.92. The number of nitrogens with one attached hydrogen (secondary N) is 1. The molecule has 0 bridgehead atoms. The molecule has 4 heteroatoms. The van der Waals surface area contributed by atoms with Crippen molar-refractivity contribution in [3.05, 3.63) is 22.4 Å². The third kappa shape index (κ3) is 3.61. The monoisotopic (exact) mass is 293 g/mol. The molecule has 0 saturated carbocycles. The fraction of sp³-hybridized carbons (Fsp3) is 0.750. The second-order valence-electron chi connectivity index (χ2n) is 6.24. The van der Waals surface area contributed by atoms with Crippen LogP contribution >= 0.6 is 11.3 Å². The largest absolute Gasteiger partial charge is 0.310 e. The highest BCUT2D eigenvalue weighted by molar-refractivity contribution is 7.09. The molecule has 0 aliphatic carbocycles. The fourth-order valence-corrected chi connectivity index (χ4v) is 4.26. The first-order valence-electron chi connectivity index (χ1n) is 8.04. The fourth-order valence-electron chi connectivity index (χ4n) is 3.58. The van der Waals surface area contributed by atoms with Crippen LogP contribution in [0, 0.1) is 0 Å². The number of hydrogen-bond donors (Lipinski definition) is 1. The van der Waals surface area contributed by atoms with Crippen molar-refractivity contribution in [2.75, 3.05) is 32.7 Å². The lowest BCUT2D eigenvalue weighted by Gasteiger charge is -2.30. The normalized spacial score (nSPS) is 26.4. The maximum absolute atomic E-state index is 3.62. The second kappa shape index (κ2) is 7.03. The van der Waals surface area contributed by atoms with Crippen LogP contribution in [0.2, 0.25) is 0 Å². The maximum atomic E-state index is 3.62. The average molecular weight is 293 g/mol. The van der Waals surface area contributed by atoms with Crippen LogP contribution < -0.4 is 5.32 Å². The van der Waals surface area contributed by atoms with Gasteiger partial charge in [-0.1, -0.05) is 6.07 Å². The van der Waals surface area contributed by atoms with Crippen LogP contribution in [0.5, 0.6) is 0 Å². The van der Waals surface area contributed by atoms with Crippen molar-refractivity contribution in [1.29, 1.82) is 0 Å². The summed E-state index contributed by atoms with van der Waals surface area (Å²) in [4.78, 5) is 6.86. The topological polar surface area (TPSA) is 18.5 Å². The van der Waals surface area contributed by atoms with Crippen LogP contribution in [-0.4, -0.2) is 54.6 Å². The third-order valence-electron chi connectivity index (χ3n) is 4.78. The molecule has 3 nitrogen and oxygen atoms in total. The highest BCUT2D eigenvalue weighted by atomic mass is 32.1. The number of hydrogen-bond acceptors (Lipinski definition) is 4. The van der Waals surface area contributed by atoms with Crippen LogP contribution in [0.15, 0.2) is 17.5 Å². The van der Waals surface area contributed by atoms with Gasteiger partial charge in [-0.3, -0.25) is 9.80 Å². The summed E-state index contributed by atoms with van der Waals surface area (Å²) in [7, 11) is 0. The molecular formula is C16H27N3S. The predicted molar refractivity (Wildman–Crippen MR) is 86.3 cm³/mol. The molecule has 0 radical (unpaired) electrons. The van der Waals surface area contributed by atoms with E-state index in [0.717, 1.165) is 19.1 Å². The van der Waals surface area contributed by atoms with E-state index in [4.69, 9.17) is 0 Å². The Labute approximate surface area is 127 Å². The Morgan fingerprint density at radius 2 is 2.25 bits per heavy atom. The molecule has 1 aromatic heterocycles. The van der Waals surface area contributed by atoms with E-state index in [-0.39, 0.29) is 0 Å². The first kappa shape index (κ1) is 14.5. The van der Waals surface area contributed by atoms with E-state index in [1.165, 1.54) is 50.3 Å². The quantitative estimate of drug-likeness (QED) is 0.899. The smallest absolute Gasteiger partial charge is 0.0300 e. The Kier molecular flexibility index (Phi) is 5.10. The minimum atomic E-state index is 0.649. The molecule has 0 spiro atoms. The highest BCUT2D eigenvalue weighted by Gasteiger charge is 2.30. The summed E-state index contributed by atoms with van der Waals surface area (Å²) in [6.07, 6.45) is 4.15. The number of thiophene rings is 1. The summed E-state index contributed by atoms with van der Waals surface area (Å²) in [6, 6.07) is 5.83. The molecule has 2 aliphatic heterocycles. The lowest BCUT2D eigenvalue weighted by atomic mass is 10.2. The lowest BCUT2D eigenvalue weighted by molar-refractivity contribution is 0.178. The van der Waals surface area contributed by atoms with Gasteiger partial charge >= 0.3 is 0 Å². The number of fused-ring (bicyclic) bond motifs is 1. The highest BCUT2D eigenvalue weighted by Crippen LogP contribution is 2.22. The van der Waals surface area contributed by atoms with Gasteiger partial charge in [-0.25, -0.2) is 0 Å². The molecule has 3 rings (SSSR count). The van der Waals surface area contributed by atoms with Crippen LogP contribution in [0.1, 0.15) is 31.1 Å². The van der Waals surface area contributed by atoms with E-state index in [0.29, 0.717) is 6.04 Å². The van der Waals surface area contributed by atoms with Crippen molar-refractivity contribution >= 4 is 11.3 Å². The molecule has 20 heavy (non-hydrogen) atoms. The Morgan fingerprint density at radius 3 is 3.10 bits per heavy atom. The molecule has 2 aliphatic rings. The Balaban J connectivity index is 1.45. The molecule has 1 aromatic rings. The van der Waals surface area contributed by atoms with E-state index < -0.39 is 0 Å². The maximum Gasteiger partial charge on any atom is 0.0300 e. The summed E-state index contributed by atoms with van der Waals surface area (Å²) in [5.41, 5.74) is 0.